The predicted molar refractivity (Wildman–Crippen MR) is 129 cm³/mol. The minimum absolute atomic E-state index is 0.270. The van der Waals surface area contributed by atoms with Crippen LogP contribution in [0.1, 0.15) is 24.5 Å². The van der Waals surface area contributed by atoms with Crippen molar-refractivity contribution >= 4 is 23.5 Å². The second-order valence-corrected chi connectivity index (χ2v) is 9.15. The number of morpholine rings is 1. The number of nitrogens with one attached hydrogen (secondary N) is 1. The fourth-order valence-corrected chi connectivity index (χ4v) is 4.35. The van der Waals surface area contributed by atoms with Crippen molar-refractivity contribution in [2.24, 2.45) is 0 Å². The third-order valence-electron chi connectivity index (χ3n) is 6.55. The molecule has 180 valence electrons. The highest BCUT2D eigenvalue weighted by Crippen LogP contribution is 2.24. The molecule has 0 spiro atoms. The third-order valence-corrected chi connectivity index (χ3v) is 6.55. The highest BCUT2D eigenvalue weighted by Gasteiger charge is 2.48. The van der Waals surface area contributed by atoms with Gasteiger partial charge in [-0.3, -0.25) is 14.5 Å². The fourth-order valence-electron chi connectivity index (χ4n) is 4.35. The summed E-state index contributed by atoms with van der Waals surface area (Å²) in [6, 6.07) is 17.4. The summed E-state index contributed by atoms with van der Waals surface area (Å²) in [6.45, 7) is 5.05. The Kier molecular flexibility index (Phi) is 7.17. The number of rotatable bonds is 8. The molecule has 8 heteroatoms. The van der Waals surface area contributed by atoms with Crippen LogP contribution in [-0.2, 0) is 27.3 Å². The molecule has 2 aliphatic rings. The maximum atomic E-state index is 13.0. The Labute approximate surface area is 200 Å². The molecule has 0 aliphatic carbocycles. The number of amides is 4. The molecular formula is C26H32N4O4. The van der Waals surface area contributed by atoms with Crippen LogP contribution >= 0.6 is 0 Å². The van der Waals surface area contributed by atoms with E-state index in [4.69, 9.17) is 4.74 Å². The number of likely N-dealkylation sites (N-methyl/N-ethyl adjacent to an activating group) is 1. The van der Waals surface area contributed by atoms with Gasteiger partial charge in [-0.2, -0.15) is 0 Å². The summed E-state index contributed by atoms with van der Waals surface area (Å²) in [4.78, 5) is 43.2. The van der Waals surface area contributed by atoms with Crippen molar-refractivity contribution in [1.82, 2.24) is 15.1 Å². The van der Waals surface area contributed by atoms with Crippen molar-refractivity contribution in [1.29, 1.82) is 0 Å². The molecule has 0 aromatic heterocycles. The normalized spacial score (nSPS) is 20.4. The van der Waals surface area contributed by atoms with Crippen molar-refractivity contribution in [2.75, 3.05) is 44.8 Å². The van der Waals surface area contributed by atoms with Gasteiger partial charge in [0.15, 0.2) is 0 Å². The molecule has 2 saturated heterocycles. The molecule has 0 bridgehead atoms. The molecule has 1 unspecified atom stereocenters. The summed E-state index contributed by atoms with van der Waals surface area (Å²) in [6.07, 6.45) is 1.13. The van der Waals surface area contributed by atoms with Gasteiger partial charge < -0.3 is 19.9 Å². The number of ether oxygens (including phenoxy) is 1. The summed E-state index contributed by atoms with van der Waals surface area (Å²) >= 11 is 0. The lowest BCUT2D eigenvalue weighted by atomic mass is 9.93. The van der Waals surface area contributed by atoms with Crippen LogP contribution in [0.3, 0.4) is 0 Å². The van der Waals surface area contributed by atoms with Gasteiger partial charge >= 0.3 is 6.03 Å². The Bertz CT molecular complexity index is 1020. The first-order valence-corrected chi connectivity index (χ1v) is 11.7. The van der Waals surface area contributed by atoms with Gasteiger partial charge in [0, 0.05) is 32.4 Å². The van der Waals surface area contributed by atoms with E-state index in [9.17, 15) is 14.4 Å². The van der Waals surface area contributed by atoms with Crippen LogP contribution in [0.25, 0.3) is 0 Å². The average Bonchev–Trinajstić information content (AvgIpc) is 3.07. The molecule has 2 aliphatic heterocycles. The average molecular weight is 465 g/mol. The fraction of sp³-hybridized carbons (Fsp3) is 0.423. The molecule has 1 N–H and O–H groups in total. The lowest BCUT2D eigenvalue weighted by molar-refractivity contribution is -0.138. The van der Waals surface area contributed by atoms with E-state index in [1.165, 1.54) is 0 Å². The minimum atomic E-state index is -1.01. The lowest BCUT2D eigenvalue weighted by Gasteiger charge is -2.29. The molecule has 4 rings (SSSR count). The Hall–Kier alpha value is -3.39. The number of imide groups is 1. The molecule has 0 radical (unpaired) electrons. The highest BCUT2D eigenvalue weighted by atomic mass is 16.5. The van der Waals surface area contributed by atoms with Gasteiger partial charge in [-0.05, 0) is 43.0 Å². The molecule has 2 aromatic rings. The predicted octanol–water partition coefficient (Wildman–Crippen LogP) is 2.42. The molecule has 34 heavy (non-hydrogen) atoms. The first kappa shape index (κ1) is 23.8. The van der Waals surface area contributed by atoms with Gasteiger partial charge in [-0.25, -0.2) is 4.79 Å². The Morgan fingerprint density at radius 1 is 1.03 bits per heavy atom. The van der Waals surface area contributed by atoms with Crippen molar-refractivity contribution in [3.8, 4) is 0 Å². The van der Waals surface area contributed by atoms with E-state index < -0.39 is 11.6 Å². The Balaban J connectivity index is 1.31. The number of hydrogen-bond donors (Lipinski definition) is 1. The second-order valence-electron chi connectivity index (χ2n) is 9.15. The van der Waals surface area contributed by atoms with Gasteiger partial charge in [-0.1, -0.05) is 42.5 Å². The standard InChI is InChI=1S/C26H32N4O4/c1-26(13-12-20-6-4-3-5-7-20)24(32)30(25(33)27-26)19-23(31)28(2)18-21-8-10-22(11-9-21)29-14-16-34-17-15-29/h3-11H,12-19H2,1-2H3,(H,27,33). The SMILES string of the molecule is CN(Cc1ccc(N2CCOCC2)cc1)C(=O)CN1C(=O)NC(C)(CCc2ccccc2)C1=O. The maximum Gasteiger partial charge on any atom is 0.325 e. The monoisotopic (exact) mass is 464 g/mol. The number of benzene rings is 2. The molecule has 2 fully saturated rings. The van der Waals surface area contributed by atoms with Crippen LogP contribution in [0.2, 0.25) is 0 Å². The van der Waals surface area contributed by atoms with Crippen LogP contribution in [0, 0.1) is 0 Å². The maximum absolute atomic E-state index is 13.0. The Morgan fingerprint density at radius 3 is 2.38 bits per heavy atom. The van der Waals surface area contributed by atoms with Crippen LogP contribution < -0.4 is 10.2 Å². The largest absolute Gasteiger partial charge is 0.378 e. The molecule has 4 amide bonds. The number of carbonyl (C=O) groups excluding carboxylic acids is 3. The minimum Gasteiger partial charge on any atom is -0.378 e. The number of nitrogens with zero attached hydrogens (tertiary/aromatic N) is 3. The van der Waals surface area contributed by atoms with Crippen LogP contribution in [0.5, 0.6) is 0 Å². The number of hydrogen-bond acceptors (Lipinski definition) is 5. The Morgan fingerprint density at radius 2 is 1.71 bits per heavy atom. The zero-order valence-electron chi connectivity index (χ0n) is 19.8. The van der Waals surface area contributed by atoms with E-state index >= 15 is 0 Å². The second kappa shape index (κ2) is 10.3. The van der Waals surface area contributed by atoms with E-state index in [1.807, 2.05) is 42.5 Å². The van der Waals surface area contributed by atoms with Crippen LogP contribution in [-0.4, -0.2) is 73.1 Å². The molecule has 2 heterocycles. The summed E-state index contributed by atoms with van der Waals surface area (Å²) in [5.74, 6) is -0.641. The van der Waals surface area contributed by atoms with E-state index in [-0.39, 0.29) is 18.4 Å². The van der Waals surface area contributed by atoms with Gasteiger partial charge in [0.1, 0.15) is 12.1 Å². The topological polar surface area (TPSA) is 82.2 Å². The molecule has 1 atom stereocenters. The third kappa shape index (κ3) is 5.39. The van der Waals surface area contributed by atoms with E-state index in [0.717, 1.165) is 48.0 Å². The molecule has 0 saturated carbocycles. The quantitative estimate of drug-likeness (QED) is 0.607. The van der Waals surface area contributed by atoms with Crippen molar-refractivity contribution in [3.63, 3.8) is 0 Å². The zero-order chi connectivity index (χ0) is 24.1. The summed E-state index contributed by atoms with van der Waals surface area (Å²) in [5.41, 5.74) is 2.20. The highest BCUT2D eigenvalue weighted by molar-refractivity contribution is 6.08. The number of anilines is 1. The van der Waals surface area contributed by atoms with E-state index in [2.05, 4.69) is 22.3 Å². The van der Waals surface area contributed by atoms with E-state index in [1.54, 1.807) is 18.9 Å². The molecule has 2 aromatic carbocycles. The van der Waals surface area contributed by atoms with Gasteiger partial charge in [0.25, 0.3) is 5.91 Å². The number of aryl methyl sites for hydroxylation is 1. The van der Waals surface area contributed by atoms with Crippen molar-refractivity contribution < 1.29 is 19.1 Å². The first-order valence-electron chi connectivity index (χ1n) is 11.7. The van der Waals surface area contributed by atoms with Crippen LogP contribution in [0.15, 0.2) is 54.6 Å². The van der Waals surface area contributed by atoms with Gasteiger partial charge in [-0.15, -0.1) is 0 Å². The summed E-state index contributed by atoms with van der Waals surface area (Å²) in [7, 11) is 1.69. The smallest absolute Gasteiger partial charge is 0.325 e. The van der Waals surface area contributed by atoms with Crippen molar-refractivity contribution in [3.05, 3.63) is 65.7 Å². The van der Waals surface area contributed by atoms with E-state index in [0.29, 0.717) is 19.4 Å². The lowest BCUT2D eigenvalue weighted by Crippen LogP contribution is -2.45. The summed E-state index contributed by atoms with van der Waals surface area (Å²) < 4.78 is 5.40. The summed E-state index contributed by atoms with van der Waals surface area (Å²) in [5, 5.41) is 2.78. The zero-order valence-corrected chi connectivity index (χ0v) is 19.8. The van der Waals surface area contributed by atoms with Gasteiger partial charge in [0.2, 0.25) is 5.91 Å². The molecule has 8 nitrogen and oxygen atoms in total. The van der Waals surface area contributed by atoms with Gasteiger partial charge in [0.05, 0.1) is 13.2 Å². The number of urea groups is 1. The first-order chi connectivity index (χ1) is 16.4. The molecular weight excluding hydrogens is 432 g/mol. The number of carbonyl (C=O) groups is 3. The van der Waals surface area contributed by atoms with Crippen molar-refractivity contribution in [2.45, 2.75) is 31.8 Å². The van der Waals surface area contributed by atoms with Crippen LogP contribution in [0.4, 0.5) is 10.5 Å².